The molecule has 2 aromatic rings. The van der Waals surface area contributed by atoms with Crippen molar-refractivity contribution >= 4 is 17.7 Å². The lowest BCUT2D eigenvalue weighted by atomic mass is 10.2. The number of aliphatic hydroxyl groups is 1. The van der Waals surface area contributed by atoms with Gasteiger partial charge in [-0.05, 0) is 31.2 Å². The van der Waals surface area contributed by atoms with E-state index >= 15 is 0 Å². The summed E-state index contributed by atoms with van der Waals surface area (Å²) in [5.74, 6) is 0.170. The van der Waals surface area contributed by atoms with Crippen LogP contribution < -0.4 is 11.0 Å². The second-order valence-electron chi connectivity index (χ2n) is 6.26. The fraction of sp³-hybridized carbons (Fsp3) is 0.421. The number of aliphatic hydroxyl groups excluding tert-OH is 1. The number of aromatic nitrogens is 2. The van der Waals surface area contributed by atoms with Crippen molar-refractivity contribution in [1.29, 1.82) is 0 Å². The van der Waals surface area contributed by atoms with Crippen LogP contribution >= 0.6 is 11.8 Å². The Hall–Kier alpha value is -2.12. The van der Waals surface area contributed by atoms with E-state index in [0.29, 0.717) is 24.5 Å². The molecule has 0 aliphatic heterocycles. The highest BCUT2D eigenvalue weighted by atomic mass is 32.2. The SMILES string of the molecule is O=C(CSc1nc(=O)n(CCCO)c2c1CCC2)NCc1ccccc1. The fourth-order valence-electron chi connectivity index (χ4n) is 3.15. The van der Waals surface area contributed by atoms with E-state index in [-0.39, 0.29) is 24.0 Å². The molecular weight excluding hydrogens is 350 g/mol. The summed E-state index contributed by atoms with van der Waals surface area (Å²) >= 11 is 1.33. The van der Waals surface area contributed by atoms with Gasteiger partial charge in [0, 0.05) is 31.0 Å². The van der Waals surface area contributed by atoms with Crippen molar-refractivity contribution in [3.05, 3.63) is 57.6 Å². The molecule has 1 aromatic carbocycles. The van der Waals surface area contributed by atoms with Crippen molar-refractivity contribution in [3.8, 4) is 0 Å². The first-order valence-electron chi connectivity index (χ1n) is 8.86. The van der Waals surface area contributed by atoms with Gasteiger partial charge in [-0.1, -0.05) is 42.1 Å². The summed E-state index contributed by atoms with van der Waals surface area (Å²) in [7, 11) is 0. The van der Waals surface area contributed by atoms with Gasteiger partial charge in [0.15, 0.2) is 0 Å². The molecule has 7 heteroatoms. The molecule has 1 aromatic heterocycles. The number of nitrogens with one attached hydrogen (secondary N) is 1. The quantitative estimate of drug-likeness (QED) is 0.541. The van der Waals surface area contributed by atoms with Crippen LogP contribution in [-0.4, -0.2) is 32.9 Å². The molecule has 1 aliphatic carbocycles. The van der Waals surface area contributed by atoms with Crippen molar-refractivity contribution in [1.82, 2.24) is 14.9 Å². The number of fused-ring (bicyclic) bond motifs is 1. The van der Waals surface area contributed by atoms with Gasteiger partial charge >= 0.3 is 5.69 Å². The van der Waals surface area contributed by atoms with Crippen LogP contribution in [0.4, 0.5) is 0 Å². The van der Waals surface area contributed by atoms with Gasteiger partial charge in [-0.3, -0.25) is 9.36 Å². The van der Waals surface area contributed by atoms with E-state index in [9.17, 15) is 9.59 Å². The average molecular weight is 373 g/mol. The van der Waals surface area contributed by atoms with E-state index in [1.165, 1.54) is 11.8 Å². The van der Waals surface area contributed by atoms with Crippen LogP contribution in [0.1, 0.15) is 29.7 Å². The summed E-state index contributed by atoms with van der Waals surface area (Å²) in [5.41, 5.74) is 2.87. The fourth-order valence-corrected chi connectivity index (χ4v) is 4.05. The second kappa shape index (κ2) is 9.00. The molecule has 1 heterocycles. The first kappa shape index (κ1) is 18.7. The van der Waals surface area contributed by atoms with Gasteiger partial charge < -0.3 is 10.4 Å². The van der Waals surface area contributed by atoms with Crippen LogP contribution in [0.15, 0.2) is 40.2 Å². The molecule has 138 valence electrons. The zero-order valence-electron chi connectivity index (χ0n) is 14.6. The Morgan fingerprint density at radius 3 is 2.85 bits per heavy atom. The summed E-state index contributed by atoms with van der Waals surface area (Å²) in [4.78, 5) is 28.6. The molecule has 0 radical (unpaired) electrons. The molecule has 26 heavy (non-hydrogen) atoms. The van der Waals surface area contributed by atoms with E-state index in [0.717, 1.165) is 36.1 Å². The Labute approximate surface area is 156 Å². The van der Waals surface area contributed by atoms with E-state index in [1.807, 2.05) is 30.3 Å². The Kier molecular flexibility index (Phi) is 6.46. The highest BCUT2D eigenvalue weighted by Gasteiger charge is 2.22. The van der Waals surface area contributed by atoms with Crippen molar-refractivity contribution in [2.45, 2.75) is 43.8 Å². The summed E-state index contributed by atoms with van der Waals surface area (Å²) in [6.07, 6.45) is 3.28. The van der Waals surface area contributed by atoms with Crippen LogP contribution in [0.5, 0.6) is 0 Å². The minimum Gasteiger partial charge on any atom is -0.396 e. The molecule has 0 saturated heterocycles. The van der Waals surface area contributed by atoms with Crippen LogP contribution in [0, 0.1) is 0 Å². The first-order valence-corrected chi connectivity index (χ1v) is 9.84. The Bertz CT molecular complexity index is 821. The normalized spacial score (nSPS) is 12.8. The van der Waals surface area contributed by atoms with Crippen LogP contribution in [0.3, 0.4) is 0 Å². The van der Waals surface area contributed by atoms with E-state index in [4.69, 9.17) is 5.11 Å². The van der Waals surface area contributed by atoms with Crippen molar-refractivity contribution in [3.63, 3.8) is 0 Å². The van der Waals surface area contributed by atoms with Gasteiger partial charge in [-0.25, -0.2) is 4.79 Å². The molecule has 0 saturated carbocycles. The number of nitrogens with zero attached hydrogens (tertiary/aromatic N) is 2. The molecule has 3 rings (SSSR count). The first-order chi connectivity index (χ1) is 12.7. The van der Waals surface area contributed by atoms with Crippen LogP contribution in [-0.2, 0) is 30.7 Å². The number of amides is 1. The minimum absolute atomic E-state index is 0.0549. The van der Waals surface area contributed by atoms with Crippen molar-refractivity contribution < 1.29 is 9.90 Å². The van der Waals surface area contributed by atoms with Gasteiger partial charge in [0.25, 0.3) is 0 Å². The smallest absolute Gasteiger partial charge is 0.348 e. The minimum atomic E-state index is -0.286. The highest BCUT2D eigenvalue weighted by molar-refractivity contribution is 7.99. The van der Waals surface area contributed by atoms with Gasteiger partial charge in [0.1, 0.15) is 5.03 Å². The number of thioether (sulfide) groups is 1. The number of hydrogen-bond donors (Lipinski definition) is 2. The monoisotopic (exact) mass is 373 g/mol. The van der Waals surface area contributed by atoms with Crippen molar-refractivity contribution in [2.24, 2.45) is 0 Å². The molecule has 1 aliphatic rings. The molecule has 2 N–H and O–H groups in total. The predicted octanol–water partition coefficient (Wildman–Crippen LogP) is 1.52. The number of rotatable bonds is 8. The Morgan fingerprint density at radius 2 is 2.08 bits per heavy atom. The van der Waals surface area contributed by atoms with E-state index in [1.54, 1.807) is 4.57 Å². The molecule has 6 nitrogen and oxygen atoms in total. The van der Waals surface area contributed by atoms with E-state index in [2.05, 4.69) is 10.3 Å². The lowest BCUT2D eigenvalue weighted by molar-refractivity contribution is -0.118. The molecule has 0 unspecified atom stereocenters. The maximum absolute atomic E-state index is 12.3. The standard InChI is InChI=1S/C19H23N3O3S/c23-11-5-10-22-16-9-4-8-15(16)18(21-19(22)25)26-13-17(24)20-12-14-6-2-1-3-7-14/h1-3,6-7,23H,4-5,8-13H2,(H,20,24). The lowest BCUT2D eigenvalue weighted by Crippen LogP contribution is -2.28. The van der Waals surface area contributed by atoms with Crippen LogP contribution in [0.25, 0.3) is 0 Å². The third-order valence-electron chi connectivity index (χ3n) is 4.41. The molecule has 0 atom stereocenters. The molecular formula is C19H23N3O3S. The summed E-state index contributed by atoms with van der Waals surface area (Å²) in [6, 6.07) is 9.75. The molecule has 0 fully saturated rings. The third kappa shape index (κ3) is 4.53. The van der Waals surface area contributed by atoms with E-state index < -0.39 is 0 Å². The largest absolute Gasteiger partial charge is 0.396 e. The highest BCUT2D eigenvalue weighted by Crippen LogP contribution is 2.29. The molecule has 0 spiro atoms. The van der Waals surface area contributed by atoms with Gasteiger partial charge in [0.2, 0.25) is 5.91 Å². The third-order valence-corrected chi connectivity index (χ3v) is 5.43. The number of benzene rings is 1. The predicted molar refractivity (Wildman–Crippen MR) is 101 cm³/mol. The number of carbonyl (C=O) groups is 1. The zero-order chi connectivity index (χ0) is 18.4. The topological polar surface area (TPSA) is 84.2 Å². The van der Waals surface area contributed by atoms with Gasteiger partial charge in [-0.15, -0.1) is 0 Å². The lowest BCUT2D eigenvalue weighted by Gasteiger charge is -2.13. The van der Waals surface area contributed by atoms with Crippen LogP contribution in [0.2, 0.25) is 0 Å². The summed E-state index contributed by atoms with van der Waals surface area (Å²) < 4.78 is 1.68. The van der Waals surface area contributed by atoms with Gasteiger partial charge in [-0.2, -0.15) is 4.98 Å². The number of carbonyl (C=O) groups excluding carboxylic acids is 1. The maximum Gasteiger partial charge on any atom is 0.348 e. The second-order valence-corrected chi connectivity index (χ2v) is 7.22. The average Bonchev–Trinajstić information content (AvgIpc) is 3.14. The van der Waals surface area contributed by atoms with Crippen molar-refractivity contribution in [2.75, 3.05) is 12.4 Å². The maximum atomic E-state index is 12.3. The zero-order valence-corrected chi connectivity index (χ0v) is 15.4. The molecule has 0 bridgehead atoms. The Morgan fingerprint density at radius 1 is 1.27 bits per heavy atom. The summed E-state index contributed by atoms with van der Waals surface area (Å²) in [5, 5.41) is 12.6. The van der Waals surface area contributed by atoms with Gasteiger partial charge in [0.05, 0.1) is 5.75 Å². The summed E-state index contributed by atoms with van der Waals surface area (Å²) in [6.45, 7) is 1.04. The Balaban J connectivity index is 1.63. The number of hydrogen-bond acceptors (Lipinski definition) is 5. The molecule has 1 amide bonds.